The number of amides is 2. The number of hydrogen-bond acceptors (Lipinski definition) is 2. The fourth-order valence-corrected chi connectivity index (χ4v) is 2.41. The Kier molecular flexibility index (Phi) is 6.27. The maximum absolute atomic E-state index is 12.2. The molecule has 0 radical (unpaired) electrons. The Morgan fingerprint density at radius 2 is 1.95 bits per heavy atom. The number of anilines is 1. The molecular weight excluding hydrogens is 344 g/mol. The summed E-state index contributed by atoms with van der Waals surface area (Å²) < 4.78 is 6.56. The van der Waals surface area contributed by atoms with Crippen molar-refractivity contribution in [3.8, 4) is 5.75 Å². The van der Waals surface area contributed by atoms with Gasteiger partial charge in [0.15, 0.2) is 0 Å². The predicted octanol–water partition coefficient (Wildman–Crippen LogP) is 4.06. The van der Waals surface area contributed by atoms with Crippen molar-refractivity contribution in [1.29, 1.82) is 0 Å². The normalized spacial score (nSPS) is 10.1. The van der Waals surface area contributed by atoms with E-state index in [1.54, 1.807) is 4.90 Å². The first-order valence-corrected chi connectivity index (χ1v) is 7.99. The standard InChI is InChI=1S/C17H19BrN2O2/c1-2-20(15-8-4-3-5-9-15)17(21)19-11-12-22-16-10-6-7-14(18)13-16/h3-10,13H,2,11-12H2,1H3,(H,19,21). The van der Waals surface area contributed by atoms with Crippen LogP contribution in [0, 0.1) is 0 Å². The second-order valence-corrected chi connectivity index (χ2v) is 5.53. The summed E-state index contributed by atoms with van der Waals surface area (Å²) in [5.41, 5.74) is 0.885. The average Bonchev–Trinajstić information content (AvgIpc) is 2.53. The van der Waals surface area contributed by atoms with Gasteiger partial charge in [-0.3, -0.25) is 4.90 Å². The summed E-state index contributed by atoms with van der Waals surface area (Å²) in [5.74, 6) is 0.777. The van der Waals surface area contributed by atoms with E-state index < -0.39 is 0 Å². The van der Waals surface area contributed by atoms with Gasteiger partial charge >= 0.3 is 6.03 Å². The van der Waals surface area contributed by atoms with Gasteiger partial charge in [-0.15, -0.1) is 0 Å². The first kappa shape index (κ1) is 16.4. The van der Waals surface area contributed by atoms with E-state index in [0.717, 1.165) is 15.9 Å². The van der Waals surface area contributed by atoms with Crippen molar-refractivity contribution in [2.75, 3.05) is 24.6 Å². The number of halogens is 1. The highest BCUT2D eigenvalue weighted by Crippen LogP contribution is 2.17. The number of urea groups is 1. The molecule has 4 nitrogen and oxygen atoms in total. The molecule has 0 heterocycles. The molecule has 0 bridgehead atoms. The van der Waals surface area contributed by atoms with Gasteiger partial charge in [-0.1, -0.05) is 40.2 Å². The highest BCUT2D eigenvalue weighted by molar-refractivity contribution is 9.10. The molecule has 0 saturated carbocycles. The van der Waals surface area contributed by atoms with Gasteiger partial charge in [-0.2, -0.15) is 0 Å². The van der Waals surface area contributed by atoms with E-state index in [1.807, 2.05) is 61.5 Å². The summed E-state index contributed by atoms with van der Waals surface area (Å²) in [6, 6.07) is 17.1. The van der Waals surface area contributed by atoms with E-state index in [1.165, 1.54) is 0 Å². The molecule has 5 heteroatoms. The second kappa shape index (κ2) is 8.44. The number of ether oxygens (including phenoxy) is 1. The Bertz CT molecular complexity index is 605. The molecule has 0 aliphatic rings. The number of rotatable bonds is 6. The van der Waals surface area contributed by atoms with Crippen LogP contribution in [0.25, 0.3) is 0 Å². The zero-order valence-corrected chi connectivity index (χ0v) is 14.0. The molecule has 0 fully saturated rings. The Labute approximate surface area is 139 Å². The molecule has 2 aromatic rings. The Morgan fingerprint density at radius 1 is 1.18 bits per heavy atom. The molecule has 22 heavy (non-hydrogen) atoms. The van der Waals surface area contributed by atoms with Crippen LogP contribution in [-0.4, -0.2) is 25.7 Å². The van der Waals surface area contributed by atoms with Crippen molar-refractivity contribution in [2.24, 2.45) is 0 Å². The van der Waals surface area contributed by atoms with Gasteiger partial charge in [0, 0.05) is 16.7 Å². The minimum atomic E-state index is -0.119. The van der Waals surface area contributed by atoms with Crippen LogP contribution in [0.3, 0.4) is 0 Å². The smallest absolute Gasteiger partial charge is 0.321 e. The van der Waals surface area contributed by atoms with Crippen LogP contribution in [-0.2, 0) is 0 Å². The van der Waals surface area contributed by atoms with E-state index in [-0.39, 0.29) is 6.03 Å². The third-order valence-corrected chi connectivity index (χ3v) is 3.57. The molecule has 0 aromatic heterocycles. The fourth-order valence-electron chi connectivity index (χ4n) is 2.03. The number of para-hydroxylation sites is 1. The number of nitrogens with one attached hydrogen (secondary N) is 1. The number of benzene rings is 2. The summed E-state index contributed by atoms with van der Waals surface area (Å²) in [7, 11) is 0. The second-order valence-electron chi connectivity index (χ2n) is 4.62. The van der Waals surface area contributed by atoms with Gasteiger partial charge in [-0.25, -0.2) is 4.79 Å². The summed E-state index contributed by atoms with van der Waals surface area (Å²) in [6.07, 6.45) is 0. The van der Waals surface area contributed by atoms with Crippen molar-refractivity contribution < 1.29 is 9.53 Å². The van der Waals surface area contributed by atoms with E-state index in [4.69, 9.17) is 4.74 Å². The SMILES string of the molecule is CCN(C(=O)NCCOc1cccc(Br)c1)c1ccccc1. The van der Waals surface area contributed by atoms with Gasteiger partial charge in [0.2, 0.25) is 0 Å². The summed E-state index contributed by atoms with van der Waals surface area (Å²) in [5, 5.41) is 2.87. The van der Waals surface area contributed by atoms with Crippen molar-refractivity contribution in [1.82, 2.24) is 5.32 Å². The lowest BCUT2D eigenvalue weighted by atomic mass is 10.3. The van der Waals surface area contributed by atoms with Gasteiger partial charge in [0.25, 0.3) is 0 Å². The van der Waals surface area contributed by atoms with Crippen LogP contribution < -0.4 is 15.0 Å². The van der Waals surface area contributed by atoms with Crippen molar-refractivity contribution in [2.45, 2.75) is 6.92 Å². The monoisotopic (exact) mass is 362 g/mol. The molecule has 2 amide bonds. The molecule has 0 spiro atoms. The van der Waals surface area contributed by atoms with Crippen LogP contribution in [0.2, 0.25) is 0 Å². The fraction of sp³-hybridized carbons (Fsp3) is 0.235. The predicted molar refractivity (Wildman–Crippen MR) is 92.5 cm³/mol. The summed E-state index contributed by atoms with van der Waals surface area (Å²) in [4.78, 5) is 13.9. The number of nitrogens with zero attached hydrogens (tertiary/aromatic N) is 1. The van der Waals surface area contributed by atoms with Gasteiger partial charge in [-0.05, 0) is 37.3 Å². The molecule has 2 aromatic carbocycles. The van der Waals surface area contributed by atoms with Crippen molar-refractivity contribution in [3.05, 3.63) is 59.1 Å². The molecule has 0 unspecified atom stereocenters. The number of hydrogen-bond donors (Lipinski definition) is 1. The van der Waals surface area contributed by atoms with Gasteiger partial charge in [0.05, 0.1) is 6.54 Å². The molecule has 0 aliphatic heterocycles. The zero-order valence-electron chi connectivity index (χ0n) is 12.5. The molecule has 1 N–H and O–H groups in total. The minimum Gasteiger partial charge on any atom is -0.492 e. The van der Waals surface area contributed by atoms with Crippen molar-refractivity contribution >= 4 is 27.6 Å². The third-order valence-electron chi connectivity index (χ3n) is 3.07. The molecule has 116 valence electrons. The topological polar surface area (TPSA) is 41.6 Å². The zero-order chi connectivity index (χ0) is 15.8. The van der Waals surface area contributed by atoms with Gasteiger partial charge < -0.3 is 10.1 Å². The molecule has 0 atom stereocenters. The first-order chi connectivity index (χ1) is 10.7. The third kappa shape index (κ3) is 4.77. The summed E-state index contributed by atoms with van der Waals surface area (Å²) >= 11 is 3.39. The maximum Gasteiger partial charge on any atom is 0.321 e. The van der Waals surface area contributed by atoms with Crippen LogP contribution in [0.5, 0.6) is 5.75 Å². The Balaban J connectivity index is 1.79. The van der Waals surface area contributed by atoms with Crippen LogP contribution in [0.1, 0.15) is 6.92 Å². The maximum atomic E-state index is 12.2. The summed E-state index contributed by atoms with van der Waals surface area (Å²) in [6.45, 7) is 3.44. The lowest BCUT2D eigenvalue weighted by Gasteiger charge is -2.21. The Hall–Kier alpha value is -2.01. The molecule has 0 aliphatic carbocycles. The lowest BCUT2D eigenvalue weighted by molar-refractivity contribution is 0.242. The van der Waals surface area contributed by atoms with E-state index in [9.17, 15) is 4.79 Å². The highest BCUT2D eigenvalue weighted by atomic mass is 79.9. The van der Waals surface area contributed by atoms with Gasteiger partial charge in [0.1, 0.15) is 12.4 Å². The van der Waals surface area contributed by atoms with Crippen molar-refractivity contribution in [3.63, 3.8) is 0 Å². The van der Waals surface area contributed by atoms with Crippen LogP contribution in [0.15, 0.2) is 59.1 Å². The number of carbonyl (C=O) groups excluding carboxylic acids is 1. The van der Waals surface area contributed by atoms with E-state index in [0.29, 0.717) is 19.7 Å². The van der Waals surface area contributed by atoms with E-state index >= 15 is 0 Å². The quantitative estimate of drug-likeness (QED) is 0.787. The molecule has 2 rings (SSSR count). The first-order valence-electron chi connectivity index (χ1n) is 7.19. The van der Waals surface area contributed by atoms with E-state index in [2.05, 4.69) is 21.2 Å². The van der Waals surface area contributed by atoms with Crippen LogP contribution >= 0.6 is 15.9 Å². The Morgan fingerprint density at radius 3 is 2.64 bits per heavy atom. The number of carbonyl (C=O) groups is 1. The average molecular weight is 363 g/mol. The van der Waals surface area contributed by atoms with Crippen LogP contribution in [0.4, 0.5) is 10.5 Å². The minimum absolute atomic E-state index is 0.119. The molecular formula is C17H19BrN2O2. The highest BCUT2D eigenvalue weighted by Gasteiger charge is 2.12. The lowest BCUT2D eigenvalue weighted by Crippen LogP contribution is -2.41. The largest absolute Gasteiger partial charge is 0.492 e. The molecule has 0 saturated heterocycles.